The molecule has 206 valence electrons. The van der Waals surface area contributed by atoms with Crippen LogP contribution in [0.3, 0.4) is 0 Å². The zero-order valence-electron chi connectivity index (χ0n) is 23.7. The number of hydrogen-bond acceptors (Lipinski definition) is 4. The van der Waals surface area contributed by atoms with E-state index >= 15 is 0 Å². The molecule has 0 amide bonds. The van der Waals surface area contributed by atoms with Gasteiger partial charge in [-0.2, -0.15) is 0 Å². The summed E-state index contributed by atoms with van der Waals surface area (Å²) in [7, 11) is 0. The zero-order chi connectivity index (χ0) is 28.9. The van der Waals surface area contributed by atoms with E-state index in [1.165, 1.54) is 5.57 Å². The van der Waals surface area contributed by atoms with Crippen molar-refractivity contribution >= 4 is 56.3 Å². The Morgan fingerprint density at radius 3 is 1.88 bits per heavy atom. The van der Waals surface area contributed by atoms with E-state index in [-0.39, 0.29) is 18.4 Å². The van der Waals surface area contributed by atoms with Crippen molar-refractivity contribution in [1.82, 2.24) is 19.9 Å². The highest BCUT2D eigenvalue weighted by molar-refractivity contribution is 6.02. The van der Waals surface area contributed by atoms with Crippen LogP contribution < -0.4 is 0 Å². The summed E-state index contributed by atoms with van der Waals surface area (Å²) in [5, 5.41) is 19.5. The Kier molecular flexibility index (Phi) is 6.96. The van der Waals surface area contributed by atoms with Gasteiger partial charge in [0.15, 0.2) is 0 Å². The van der Waals surface area contributed by atoms with Crippen molar-refractivity contribution in [3.8, 4) is 0 Å². The summed E-state index contributed by atoms with van der Waals surface area (Å²) < 4.78 is 0. The molecule has 3 aromatic rings. The van der Waals surface area contributed by atoms with Crippen molar-refractivity contribution in [3.63, 3.8) is 0 Å². The molecule has 0 radical (unpaired) electrons. The molecule has 0 saturated heterocycles. The van der Waals surface area contributed by atoms with E-state index in [0.29, 0.717) is 28.0 Å². The number of H-pyrrole nitrogens is 2. The first-order chi connectivity index (χ1) is 19.0. The Bertz CT molecular complexity index is 1820. The molecule has 4 N–H and O–H groups in total. The molecule has 5 heterocycles. The minimum absolute atomic E-state index is 0.0534. The van der Waals surface area contributed by atoms with Gasteiger partial charge in [0.2, 0.25) is 0 Å². The normalized spacial score (nSPS) is 13.3. The number of allylic oxidation sites excluding steroid dienone is 4. The van der Waals surface area contributed by atoms with Crippen LogP contribution in [-0.4, -0.2) is 42.1 Å². The van der Waals surface area contributed by atoms with Gasteiger partial charge in [0, 0.05) is 23.0 Å². The third-order valence-corrected chi connectivity index (χ3v) is 8.18. The topological polar surface area (TPSA) is 132 Å². The number of nitrogens with zero attached hydrogens (tertiary/aromatic N) is 2. The third kappa shape index (κ3) is 4.53. The number of aromatic nitrogens is 4. The summed E-state index contributed by atoms with van der Waals surface area (Å²) in [5.41, 5.74) is 13.0. The molecule has 0 aromatic carbocycles. The van der Waals surface area contributed by atoms with Crippen LogP contribution in [0.25, 0.3) is 44.4 Å². The van der Waals surface area contributed by atoms with Crippen molar-refractivity contribution in [2.75, 3.05) is 0 Å². The first kappa shape index (κ1) is 27.1. The van der Waals surface area contributed by atoms with E-state index < -0.39 is 11.9 Å². The van der Waals surface area contributed by atoms with Crippen LogP contribution in [0.15, 0.2) is 24.3 Å². The standard InChI is InChI=1S/C32H34N4O4/c1-7-19-15(3)22-11-23-17(5)21(9-10-30(37)38)28(35-23)14-29-31(32(39)40)18(6)25(36-29)13-27-20(8-2)16(4)24(34-27)12-26(19)33-22/h11-14,34,36H,7-10H2,1-6H3,(H,37,38)(H,39,40). The van der Waals surface area contributed by atoms with Gasteiger partial charge in [-0.25, -0.2) is 14.8 Å². The molecule has 8 bridgehead atoms. The van der Waals surface area contributed by atoms with Gasteiger partial charge >= 0.3 is 11.9 Å². The quantitative estimate of drug-likeness (QED) is 0.260. The number of aromatic carboxylic acids is 1. The van der Waals surface area contributed by atoms with Crippen molar-refractivity contribution in [1.29, 1.82) is 0 Å². The third-order valence-electron chi connectivity index (χ3n) is 8.18. The molecule has 0 saturated carbocycles. The average Bonchev–Trinajstić information content (AvgIpc) is 3.55. The van der Waals surface area contributed by atoms with Gasteiger partial charge < -0.3 is 20.2 Å². The van der Waals surface area contributed by atoms with E-state index in [1.54, 1.807) is 13.0 Å². The minimum Gasteiger partial charge on any atom is -0.481 e. The highest BCUT2D eigenvalue weighted by Gasteiger charge is 2.22. The lowest BCUT2D eigenvalue weighted by atomic mass is 10.00. The molecule has 5 rings (SSSR count). The second-order valence-electron chi connectivity index (χ2n) is 10.5. The predicted molar refractivity (Wildman–Crippen MR) is 159 cm³/mol. The zero-order valence-corrected chi connectivity index (χ0v) is 23.7. The van der Waals surface area contributed by atoms with E-state index in [1.807, 2.05) is 19.1 Å². The van der Waals surface area contributed by atoms with Crippen LogP contribution in [0.5, 0.6) is 0 Å². The predicted octanol–water partition coefficient (Wildman–Crippen LogP) is 7.33. The molecule has 0 atom stereocenters. The van der Waals surface area contributed by atoms with Crippen molar-refractivity contribution in [2.24, 2.45) is 0 Å². The Labute approximate surface area is 232 Å². The molecular formula is C32H34N4O4. The van der Waals surface area contributed by atoms with Crippen LogP contribution in [0, 0.1) is 13.8 Å². The van der Waals surface area contributed by atoms with Crippen LogP contribution in [0.2, 0.25) is 0 Å². The number of rotatable bonds is 6. The molecular weight excluding hydrogens is 504 g/mol. The first-order valence-corrected chi connectivity index (χ1v) is 13.6. The van der Waals surface area contributed by atoms with E-state index in [2.05, 4.69) is 43.7 Å². The average molecular weight is 539 g/mol. The fourth-order valence-electron chi connectivity index (χ4n) is 5.88. The summed E-state index contributed by atoms with van der Waals surface area (Å²) in [6, 6.07) is 7.75. The molecule has 0 fully saturated rings. The fraction of sp³-hybridized carbons (Fsp3) is 0.312. The number of carbonyl (C=O) groups is 2. The summed E-state index contributed by atoms with van der Waals surface area (Å²) in [4.78, 5) is 40.6. The first-order valence-electron chi connectivity index (χ1n) is 13.6. The second kappa shape index (κ2) is 10.3. The molecule has 40 heavy (non-hydrogen) atoms. The van der Waals surface area contributed by atoms with Crippen LogP contribution in [0.1, 0.15) is 96.8 Å². The smallest absolute Gasteiger partial charge is 0.338 e. The van der Waals surface area contributed by atoms with E-state index in [0.717, 1.165) is 63.1 Å². The van der Waals surface area contributed by atoms with Crippen molar-refractivity contribution in [3.05, 3.63) is 69.3 Å². The van der Waals surface area contributed by atoms with Crippen LogP contribution in [-0.2, 0) is 11.2 Å². The van der Waals surface area contributed by atoms with Gasteiger partial charge in [0.1, 0.15) is 0 Å². The maximum absolute atomic E-state index is 12.4. The summed E-state index contributed by atoms with van der Waals surface area (Å²) in [6.45, 7) is 12.1. The van der Waals surface area contributed by atoms with Crippen LogP contribution in [0.4, 0.5) is 0 Å². The minimum atomic E-state index is -1.04. The second-order valence-corrected chi connectivity index (χ2v) is 10.5. The number of fused-ring (bicyclic) bond motifs is 8. The maximum atomic E-state index is 12.4. The lowest BCUT2D eigenvalue weighted by molar-refractivity contribution is -0.136. The Balaban J connectivity index is 1.97. The molecule has 2 aliphatic heterocycles. The van der Waals surface area contributed by atoms with Gasteiger partial charge in [0.25, 0.3) is 0 Å². The van der Waals surface area contributed by atoms with Crippen molar-refractivity contribution in [2.45, 2.75) is 67.2 Å². The molecule has 8 nitrogen and oxygen atoms in total. The summed E-state index contributed by atoms with van der Waals surface area (Å²) in [5.74, 6) is -1.94. The highest BCUT2D eigenvalue weighted by Crippen LogP contribution is 2.37. The largest absolute Gasteiger partial charge is 0.481 e. The molecule has 3 aromatic heterocycles. The van der Waals surface area contributed by atoms with Gasteiger partial charge in [0.05, 0.1) is 33.9 Å². The molecule has 0 unspecified atom stereocenters. The molecule has 0 aliphatic carbocycles. The van der Waals surface area contributed by atoms with Gasteiger partial charge in [-0.15, -0.1) is 0 Å². The van der Waals surface area contributed by atoms with Gasteiger partial charge in [-0.1, -0.05) is 13.8 Å². The lowest BCUT2D eigenvalue weighted by Gasteiger charge is -2.02. The highest BCUT2D eigenvalue weighted by atomic mass is 16.4. The van der Waals surface area contributed by atoms with Gasteiger partial charge in [-0.05, 0) is 110 Å². The molecule has 8 heteroatoms. The number of carboxylic acid groups (broad SMARTS) is 2. The van der Waals surface area contributed by atoms with E-state index in [9.17, 15) is 19.8 Å². The molecule has 2 aliphatic rings. The Morgan fingerprint density at radius 2 is 1.27 bits per heavy atom. The number of aromatic amines is 2. The SMILES string of the molecule is CCC1=C(C)c2cc3nc(cc4[nH]c(cc5[nH]c(cc1n2)c(C)c5CC)c(C)c4C(=O)O)C(CCC(=O)O)=C3C. The number of carboxylic acids is 2. The summed E-state index contributed by atoms with van der Waals surface area (Å²) >= 11 is 0. The van der Waals surface area contributed by atoms with Crippen molar-refractivity contribution < 1.29 is 19.8 Å². The maximum Gasteiger partial charge on any atom is 0.338 e. The van der Waals surface area contributed by atoms with Gasteiger partial charge in [-0.3, -0.25) is 4.79 Å². The Morgan fingerprint density at radius 1 is 0.700 bits per heavy atom. The Hall–Kier alpha value is -4.46. The van der Waals surface area contributed by atoms with E-state index in [4.69, 9.17) is 9.97 Å². The van der Waals surface area contributed by atoms with Crippen LogP contribution >= 0.6 is 0 Å². The summed E-state index contributed by atoms with van der Waals surface area (Å²) in [6.07, 6.45) is 1.87. The monoisotopic (exact) mass is 538 g/mol. The lowest BCUT2D eigenvalue weighted by Crippen LogP contribution is -1.97. The molecule has 0 spiro atoms. The number of aryl methyl sites for hydroxylation is 3. The number of aliphatic carboxylic acids is 1. The number of nitrogens with one attached hydrogen (secondary N) is 2. The fourth-order valence-corrected chi connectivity index (χ4v) is 5.88. The number of hydrogen-bond donors (Lipinski definition) is 4.